The molecule has 0 aliphatic carbocycles. The molecule has 0 aromatic carbocycles. The molecule has 1 saturated heterocycles. The van der Waals surface area contributed by atoms with E-state index in [4.69, 9.17) is 0 Å². The summed E-state index contributed by atoms with van der Waals surface area (Å²) in [7, 11) is 0. The highest BCUT2D eigenvalue weighted by atomic mass is 16.2. The summed E-state index contributed by atoms with van der Waals surface area (Å²) in [6.07, 6.45) is 1.90. The minimum Gasteiger partial charge on any atom is -0.351 e. The smallest absolute Gasteiger partial charge is 0.284 e. The number of quaternary nitrogens is 1. The Morgan fingerprint density at radius 1 is 1.19 bits per heavy atom. The Kier molecular flexibility index (Phi) is 5.25. The van der Waals surface area contributed by atoms with E-state index in [1.807, 2.05) is 13.8 Å². The lowest BCUT2D eigenvalue weighted by molar-refractivity contribution is -0.758. The van der Waals surface area contributed by atoms with Crippen LogP contribution in [-0.4, -0.2) is 44.0 Å². The van der Waals surface area contributed by atoms with Crippen LogP contribution in [0, 0.1) is 0 Å². The number of rotatable bonds is 7. The average Bonchev–Trinajstić information content (AvgIpc) is 3.02. The van der Waals surface area contributed by atoms with Crippen molar-refractivity contribution in [3.05, 3.63) is 0 Å². The molecule has 0 bridgehead atoms. The highest BCUT2D eigenvalue weighted by Gasteiger charge is 2.47. The second kappa shape index (κ2) is 6.48. The summed E-state index contributed by atoms with van der Waals surface area (Å²) in [5.74, 6) is 0.128. The number of amides is 2. The van der Waals surface area contributed by atoms with Gasteiger partial charge in [-0.3, -0.25) is 9.59 Å². The Hall–Kier alpha value is -1.10. The fourth-order valence-electron chi connectivity index (χ4n) is 1.58. The largest absolute Gasteiger partial charge is 0.351 e. The lowest BCUT2D eigenvalue weighted by Crippen LogP contribution is -2.97. The molecule has 1 fully saturated rings. The van der Waals surface area contributed by atoms with Crippen LogP contribution in [0.15, 0.2) is 0 Å². The quantitative estimate of drug-likeness (QED) is 0.455. The maximum absolute atomic E-state index is 11.5. The highest BCUT2D eigenvalue weighted by molar-refractivity contribution is 5.83. The van der Waals surface area contributed by atoms with Crippen LogP contribution in [-0.2, 0) is 9.59 Å². The molecule has 2 amide bonds. The number of nitrogens with one attached hydrogen (secondary N) is 3. The third kappa shape index (κ3) is 4.18. The van der Waals surface area contributed by atoms with Crippen molar-refractivity contribution in [1.29, 1.82) is 0 Å². The van der Waals surface area contributed by atoms with E-state index in [2.05, 4.69) is 10.6 Å². The Morgan fingerprint density at radius 3 is 2.44 bits per heavy atom. The van der Waals surface area contributed by atoms with Crippen LogP contribution in [0.2, 0.25) is 0 Å². The first kappa shape index (κ1) is 13.0. The van der Waals surface area contributed by atoms with Crippen LogP contribution in [0.4, 0.5) is 0 Å². The van der Waals surface area contributed by atoms with E-state index >= 15 is 0 Å². The van der Waals surface area contributed by atoms with Gasteiger partial charge in [0.05, 0.1) is 0 Å². The van der Waals surface area contributed by atoms with Crippen molar-refractivity contribution in [1.82, 2.24) is 10.6 Å². The number of hydrogen-bond donors (Lipinski definition) is 3. The zero-order valence-electron chi connectivity index (χ0n) is 10.1. The van der Waals surface area contributed by atoms with Crippen molar-refractivity contribution in [2.45, 2.75) is 32.7 Å². The summed E-state index contributed by atoms with van der Waals surface area (Å²) in [6, 6.07) is -0.000994. The van der Waals surface area contributed by atoms with Crippen LogP contribution in [0.25, 0.3) is 0 Å². The van der Waals surface area contributed by atoms with Gasteiger partial charge in [0.2, 0.25) is 6.04 Å². The second-order valence-corrected chi connectivity index (χ2v) is 4.23. The van der Waals surface area contributed by atoms with Crippen LogP contribution in [0.1, 0.15) is 26.7 Å². The van der Waals surface area contributed by atoms with Crippen molar-refractivity contribution < 1.29 is 14.5 Å². The second-order valence-electron chi connectivity index (χ2n) is 4.23. The molecule has 16 heavy (non-hydrogen) atoms. The molecule has 0 aromatic heterocycles. The number of carbonyl (C=O) groups is 2. The molecule has 0 radical (unpaired) electrons. The molecule has 5 nitrogen and oxygen atoms in total. The van der Waals surface area contributed by atoms with E-state index < -0.39 is 0 Å². The monoisotopic (exact) mass is 228 g/mol. The van der Waals surface area contributed by atoms with Crippen LogP contribution in [0.5, 0.6) is 0 Å². The van der Waals surface area contributed by atoms with Crippen LogP contribution in [0.3, 0.4) is 0 Å². The molecule has 5 heteroatoms. The number of hydrogen-bond acceptors (Lipinski definition) is 2. The van der Waals surface area contributed by atoms with E-state index in [0.29, 0.717) is 6.54 Å². The predicted octanol–water partition coefficient (Wildman–Crippen LogP) is -1.69. The summed E-state index contributed by atoms with van der Waals surface area (Å²) in [5, 5.41) is 5.66. The molecule has 0 aromatic rings. The predicted molar refractivity (Wildman–Crippen MR) is 61.1 cm³/mol. The average molecular weight is 228 g/mol. The molecule has 0 saturated carbocycles. The van der Waals surface area contributed by atoms with Crippen LogP contribution < -0.4 is 15.5 Å². The zero-order valence-corrected chi connectivity index (χ0v) is 10.1. The Labute approximate surface area is 96.6 Å². The SMILES string of the molecule is CCCNC(=O)C[NH+]1C[C@H]1C(=O)NCCC. The van der Waals surface area contributed by atoms with Crippen molar-refractivity contribution in [2.75, 3.05) is 26.2 Å². The molecule has 3 N–H and O–H groups in total. The van der Waals surface area contributed by atoms with Crippen molar-refractivity contribution >= 4 is 11.8 Å². The normalized spacial score (nSPS) is 22.6. The zero-order chi connectivity index (χ0) is 12.0. The van der Waals surface area contributed by atoms with Crippen molar-refractivity contribution in [2.24, 2.45) is 0 Å². The molecule has 0 spiro atoms. The molecule has 1 aliphatic heterocycles. The first-order chi connectivity index (χ1) is 7.69. The van der Waals surface area contributed by atoms with Gasteiger partial charge in [-0.25, -0.2) is 0 Å². The number of carbonyl (C=O) groups excluding carboxylic acids is 2. The van der Waals surface area contributed by atoms with Gasteiger partial charge in [0.1, 0.15) is 6.54 Å². The standard InChI is InChI=1S/C11H21N3O2/c1-3-5-12-10(15)8-14-7-9(14)11(16)13-6-4-2/h9H,3-8H2,1-2H3,(H,12,15)(H,13,16)/p+1/t9-,14?/m0/s1. The van der Waals surface area contributed by atoms with Gasteiger partial charge in [-0.2, -0.15) is 0 Å². The van der Waals surface area contributed by atoms with E-state index in [1.54, 1.807) is 0 Å². The molecule has 1 heterocycles. The summed E-state index contributed by atoms with van der Waals surface area (Å²) >= 11 is 0. The maximum atomic E-state index is 11.5. The molecule has 1 rings (SSSR count). The van der Waals surface area contributed by atoms with E-state index in [9.17, 15) is 9.59 Å². The van der Waals surface area contributed by atoms with Gasteiger partial charge in [-0.05, 0) is 12.8 Å². The lowest BCUT2D eigenvalue weighted by atomic mass is 10.4. The topological polar surface area (TPSA) is 62.6 Å². The fourth-order valence-corrected chi connectivity index (χ4v) is 1.58. The maximum Gasteiger partial charge on any atom is 0.284 e. The fraction of sp³-hybridized carbons (Fsp3) is 0.818. The van der Waals surface area contributed by atoms with Crippen molar-refractivity contribution in [3.63, 3.8) is 0 Å². The summed E-state index contributed by atoms with van der Waals surface area (Å²) in [5.41, 5.74) is 0. The van der Waals surface area contributed by atoms with Gasteiger partial charge in [0.25, 0.3) is 11.8 Å². The molecule has 1 unspecified atom stereocenters. The van der Waals surface area contributed by atoms with Gasteiger partial charge in [-0.1, -0.05) is 13.8 Å². The van der Waals surface area contributed by atoms with E-state index in [0.717, 1.165) is 37.4 Å². The van der Waals surface area contributed by atoms with E-state index in [-0.39, 0.29) is 17.9 Å². The van der Waals surface area contributed by atoms with Gasteiger partial charge in [0, 0.05) is 13.1 Å². The Balaban J connectivity index is 2.13. The third-order valence-corrected chi connectivity index (χ3v) is 2.62. The molecule has 2 atom stereocenters. The van der Waals surface area contributed by atoms with Crippen molar-refractivity contribution in [3.8, 4) is 0 Å². The van der Waals surface area contributed by atoms with Gasteiger partial charge in [-0.15, -0.1) is 0 Å². The van der Waals surface area contributed by atoms with Gasteiger partial charge < -0.3 is 15.5 Å². The first-order valence-corrected chi connectivity index (χ1v) is 6.08. The third-order valence-electron chi connectivity index (χ3n) is 2.62. The van der Waals surface area contributed by atoms with Gasteiger partial charge >= 0.3 is 0 Å². The lowest BCUT2D eigenvalue weighted by Gasteiger charge is -2.03. The van der Waals surface area contributed by atoms with Crippen LogP contribution >= 0.6 is 0 Å². The summed E-state index contributed by atoms with van der Waals surface area (Å²) in [6.45, 7) is 6.70. The summed E-state index contributed by atoms with van der Waals surface area (Å²) < 4.78 is 0. The minimum absolute atomic E-state index is 0.000994. The molecule has 1 aliphatic rings. The van der Waals surface area contributed by atoms with E-state index in [1.165, 1.54) is 0 Å². The molecular weight excluding hydrogens is 206 g/mol. The summed E-state index contributed by atoms with van der Waals surface area (Å²) in [4.78, 5) is 23.9. The minimum atomic E-state index is -0.000994. The highest BCUT2D eigenvalue weighted by Crippen LogP contribution is 1.88. The Bertz CT molecular complexity index is 256. The van der Waals surface area contributed by atoms with Gasteiger partial charge in [0.15, 0.2) is 6.54 Å². The first-order valence-electron chi connectivity index (χ1n) is 6.08. The molecular formula is C11H22N3O2+. The Morgan fingerprint density at radius 2 is 1.81 bits per heavy atom. The molecule has 92 valence electrons.